The molecule has 1 saturated heterocycles. The van der Waals surface area contributed by atoms with E-state index in [4.69, 9.17) is 5.11 Å². The first-order chi connectivity index (χ1) is 7.70. The first kappa shape index (κ1) is 13.9. The Morgan fingerprint density at radius 1 is 1.12 bits per heavy atom. The van der Waals surface area contributed by atoms with Gasteiger partial charge in [-0.1, -0.05) is 12.8 Å². The van der Waals surface area contributed by atoms with Crippen LogP contribution < -0.4 is 5.32 Å². The van der Waals surface area contributed by atoms with Crippen molar-refractivity contribution in [2.45, 2.75) is 51.0 Å². The molecule has 0 aromatic carbocycles. The zero-order chi connectivity index (χ0) is 11.9. The van der Waals surface area contributed by atoms with Gasteiger partial charge in [0.1, 0.15) is 0 Å². The van der Waals surface area contributed by atoms with Crippen LogP contribution in [0.2, 0.25) is 0 Å². The number of aliphatic hydroxyl groups is 1. The van der Waals surface area contributed by atoms with Crippen molar-refractivity contribution in [2.24, 2.45) is 0 Å². The SMILES string of the molecule is CNC1(C)CCN(CCCCCCO)CC1. The van der Waals surface area contributed by atoms with Crippen LogP contribution in [-0.4, -0.2) is 48.8 Å². The van der Waals surface area contributed by atoms with Gasteiger partial charge in [0.25, 0.3) is 0 Å². The standard InChI is InChI=1S/C13H28N2O/c1-13(14-2)7-10-15(11-8-13)9-5-3-4-6-12-16/h14,16H,3-12H2,1-2H3. The summed E-state index contributed by atoms with van der Waals surface area (Å²) < 4.78 is 0. The van der Waals surface area contributed by atoms with Crippen LogP contribution in [0.4, 0.5) is 0 Å². The monoisotopic (exact) mass is 228 g/mol. The van der Waals surface area contributed by atoms with Crippen molar-refractivity contribution in [1.82, 2.24) is 10.2 Å². The summed E-state index contributed by atoms with van der Waals surface area (Å²) >= 11 is 0. The van der Waals surface area contributed by atoms with Crippen LogP contribution in [-0.2, 0) is 0 Å². The number of piperidine rings is 1. The number of likely N-dealkylation sites (tertiary alicyclic amines) is 1. The zero-order valence-electron chi connectivity index (χ0n) is 11.0. The Labute approximate surface area is 100 Å². The van der Waals surface area contributed by atoms with E-state index in [9.17, 15) is 0 Å². The molecule has 1 heterocycles. The Hall–Kier alpha value is -0.120. The van der Waals surface area contributed by atoms with E-state index in [1.807, 2.05) is 0 Å². The lowest BCUT2D eigenvalue weighted by Crippen LogP contribution is -2.50. The Morgan fingerprint density at radius 2 is 1.75 bits per heavy atom. The number of hydrogen-bond acceptors (Lipinski definition) is 3. The summed E-state index contributed by atoms with van der Waals surface area (Å²) in [5.41, 5.74) is 0.368. The average Bonchev–Trinajstić information content (AvgIpc) is 2.31. The van der Waals surface area contributed by atoms with Crippen LogP contribution in [0.1, 0.15) is 45.4 Å². The van der Waals surface area contributed by atoms with Gasteiger partial charge in [-0.05, 0) is 59.3 Å². The summed E-state index contributed by atoms with van der Waals surface area (Å²) in [5, 5.41) is 12.1. The topological polar surface area (TPSA) is 35.5 Å². The van der Waals surface area contributed by atoms with Gasteiger partial charge in [-0.2, -0.15) is 0 Å². The molecular formula is C13H28N2O. The van der Waals surface area contributed by atoms with E-state index in [1.165, 1.54) is 51.7 Å². The lowest BCUT2D eigenvalue weighted by molar-refractivity contribution is 0.150. The number of nitrogens with one attached hydrogen (secondary N) is 1. The molecule has 0 aliphatic carbocycles. The molecule has 1 aliphatic heterocycles. The Morgan fingerprint density at radius 3 is 2.31 bits per heavy atom. The number of nitrogens with zero attached hydrogens (tertiary/aromatic N) is 1. The van der Waals surface area contributed by atoms with Gasteiger partial charge in [0, 0.05) is 12.1 Å². The maximum Gasteiger partial charge on any atom is 0.0431 e. The van der Waals surface area contributed by atoms with Crippen LogP contribution in [0, 0.1) is 0 Å². The molecule has 96 valence electrons. The van der Waals surface area contributed by atoms with E-state index < -0.39 is 0 Å². The van der Waals surface area contributed by atoms with Crippen molar-refractivity contribution < 1.29 is 5.11 Å². The fourth-order valence-corrected chi connectivity index (χ4v) is 2.32. The van der Waals surface area contributed by atoms with E-state index >= 15 is 0 Å². The highest BCUT2D eigenvalue weighted by Crippen LogP contribution is 2.21. The van der Waals surface area contributed by atoms with Crippen molar-refractivity contribution in [3.63, 3.8) is 0 Å². The molecule has 3 nitrogen and oxygen atoms in total. The minimum atomic E-state index is 0.351. The minimum Gasteiger partial charge on any atom is -0.396 e. The third kappa shape index (κ3) is 4.81. The molecular weight excluding hydrogens is 200 g/mol. The van der Waals surface area contributed by atoms with Gasteiger partial charge in [0.15, 0.2) is 0 Å². The number of unbranched alkanes of at least 4 members (excludes halogenated alkanes) is 3. The van der Waals surface area contributed by atoms with E-state index in [-0.39, 0.29) is 0 Å². The van der Waals surface area contributed by atoms with Crippen molar-refractivity contribution in [3.8, 4) is 0 Å². The van der Waals surface area contributed by atoms with Gasteiger partial charge in [0.2, 0.25) is 0 Å². The fraction of sp³-hybridized carbons (Fsp3) is 1.00. The molecule has 3 heteroatoms. The zero-order valence-corrected chi connectivity index (χ0v) is 11.0. The van der Waals surface area contributed by atoms with Crippen molar-refractivity contribution in [2.75, 3.05) is 33.3 Å². The van der Waals surface area contributed by atoms with Crippen LogP contribution in [0.15, 0.2) is 0 Å². The molecule has 0 bridgehead atoms. The van der Waals surface area contributed by atoms with Gasteiger partial charge in [0.05, 0.1) is 0 Å². The van der Waals surface area contributed by atoms with Gasteiger partial charge in [-0.25, -0.2) is 0 Å². The maximum atomic E-state index is 8.68. The normalized spacial score (nSPS) is 21.2. The summed E-state index contributed by atoms with van der Waals surface area (Å²) in [4.78, 5) is 2.58. The molecule has 1 rings (SSSR count). The Balaban J connectivity index is 2.04. The third-order valence-electron chi connectivity index (χ3n) is 3.95. The number of hydrogen-bond donors (Lipinski definition) is 2. The lowest BCUT2D eigenvalue weighted by atomic mass is 9.90. The fourth-order valence-electron chi connectivity index (χ4n) is 2.32. The second-order valence-electron chi connectivity index (χ2n) is 5.29. The highest BCUT2D eigenvalue weighted by Gasteiger charge is 2.27. The smallest absolute Gasteiger partial charge is 0.0431 e. The molecule has 0 spiro atoms. The number of aliphatic hydroxyl groups excluding tert-OH is 1. The van der Waals surface area contributed by atoms with Crippen LogP contribution >= 0.6 is 0 Å². The second-order valence-corrected chi connectivity index (χ2v) is 5.29. The lowest BCUT2D eigenvalue weighted by Gasteiger charge is -2.39. The molecule has 16 heavy (non-hydrogen) atoms. The summed E-state index contributed by atoms with van der Waals surface area (Å²) in [6.45, 7) is 6.38. The predicted molar refractivity (Wildman–Crippen MR) is 68.7 cm³/mol. The highest BCUT2D eigenvalue weighted by molar-refractivity contribution is 4.87. The van der Waals surface area contributed by atoms with Crippen molar-refractivity contribution in [3.05, 3.63) is 0 Å². The molecule has 1 fully saturated rings. The predicted octanol–water partition coefficient (Wildman–Crippen LogP) is 1.61. The summed E-state index contributed by atoms with van der Waals surface area (Å²) in [6, 6.07) is 0. The third-order valence-corrected chi connectivity index (χ3v) is 3.95. The largest absolute Gasteiger partial charge is 0.396 e. The van der Waals surface area contributed by atoms with Crippen molar-refractivity contribution in [1.29, 1.82) is 0 Å². The first-order valence-electron chi connectivity index (χ1n) is 6.72. The molecule has 0 saturated carbocycles. The van der Waals surface area contributed by atoms with E-state index in [0.29, 0.717) is 12.1 Å². The van der Waals surface area contributed by atoms with E-state index in [1.54, 1.807) is 0 Å². The molecule has 0 radical (unpaired) electrons. The second kappa shape index (κ2) is 7.25. The van der Waals surface area contributed by atoms with Gasteiger partial charge in [-0.3, -0.25) is 0 Å². The van der Waals surface area contributed by atoms with Gasteiger partial charge in [-0.15, -0.1) is 0 Å². The summed E-state index contributed by atoms with van der Waals surface area (Å²) in [7, 11) is 2.07. The molecule has 0 aromatic heterocycles. The quantitative estimate of drug-likeness (QED) is 0.650. The molecule has 0 atom stereocenters. The Kier molecular flexibility index (Phi) is 6.32. The molecule has 2 N–H and O–H groups in total. The minimum absolute atomic E-state index is 0.351. The summed E-state index contributed by atoms with van der Waals surface area (Å²) in [5.74, 6) is 0. The molecule has 0 unspecified atom stereocenters. The highest BCUT2D eigenvalue weighted by atomic mass is 16.2. The number of rotatable bonds is 7. The van der Waals surface area contributed by atoms with Crippen LogP contribution in [0.3, 0.4) is 0 Å². The molecule has 0 amide bonds. The van der Waals surface area contributed by atoms with E-state index in [0.717, 1.165) is 6.42 Å². The Bertz CT molecular complexity index is 177. The van der Waals surface area contributed by atoms with E-state index in [2.05, 4.69) is 24.2 Å². The van der Waals surface area contributed by atoms with Gasteiger partial charge < -0.3 is 15.3 Å². The van der Waals surface area contributed by atoms with Crippen molar-refractivity contribution >= 4 is 0 Å². The van der Waals surface area contributed by atoms with Crippen LogP contribution in [0.5, 0.6) is 0 Å². The average molecular weight is 228 g/mol. The molecule has 0 aromatic rings. The maximum absolute atomic E-state index is 8.68. The van der Waals surface area contributed by atoms with Crippen LogP contribution in [0.25, 0.3) is 0 Å². The van der Waals surface area contributed by atoms with Gasteiger partial charge >= 0.3 is 0 Å². The molecule has 1 aliphatic rings. The first-order valence-corrected chi connectivity index (χ1v) is 6.72. The summed E-state index contributed by atoms with van der Waals surface area (Å²) in [6.07, 6.45) is 7.23.